The topological polar surface area (TPSA) is 35.0 Å². The lowest BCUT2D eigenvalue weighted by molar-refractivity contribution is 0.340. The standard InChI is InChI=1S/C19H26N2O/c1-3-5-6-7-17-14-20-19(21-15-17)13-10-16-8-11-18(12-9-16)22-4-2/h8-9,11-12,14-15H,3-7,10,13H2,1-2H3. The molecule has 2 rings (SSSR count). The molecule has 3 heteroatoms. The largest absolute Gasteiger partial charge is 0.494 e. The van der Waals surface area contributed by atoms with Crippen LogP contribution in [0.5, 0.6) is 5.75 Å². The zero-order valence-corrected chi connectivity index (χ0v) is 13.7. The molecule has 0 atom stereocenters. The molecule has 118 valence electrons. The van der Waals surface area contributed by atoms with Crippen LogP contribution < -0.4 is 4.74 Å². The summed E-state index contributed by atoms with van der Waals surface area (Å²) in [6.45, 7) is 4.93. The van der Waals surface area contributed by atoms with Gasteiger partial charge in [0.2, 0.25) is 0 Å². The predicted molar refractivity (Wildman–Crippen MR) is 90.3 cm³/mol. The zero-order chi connectivity index (χ0) is 15.6. The number of aryl methyl sites for hydroxylation is 3. The van der Waals surface area contributed by atoms with Gasteiger partial charge in [-0.05, 0) is 49.4 Å². The van der Waals surface area contributed by atoms with Crippen LogP contribution in [-0.4, -0.2) is 16.6 Å². The third-order valence-corrected chi connectivity index (χ3v) is 3.70. The summed E-state index contributed by atoms with van der Waals surface area (Å²) < 4.78 is 5.45. The van der Waals surface area contributed by atoms with E-state index >= 15 is 0 Å². The first-order valence-corrected chi connectivity index (χ1v) is 8.33. The molecule has 0 aliphatic carbocycles. The van der Waals surface area contributed by atoms with Crippen molar-refractivity contribution in [2.24, 2.45) is 0 Å². The second-order valence-corrected chi connectivity index (χ2v) is 5.54. The van der Waals surface area contributed by atoms with Crippen LogP contribution in [0, 0.1) is 0 Å². The number of nitrogens with zero attached hydrogens (tertiary/aromatic N) is 2. The second-order valence-electron chi connectivity index (χ2n) is 5.54. The van der Waals surface area contributed by atoms with Crippen LogP contribution >= 0.6 is 0 Å². The molecule has 3 nitrogen and oxygen atoms in total. The van der Waals surface area contributed by atoms with Gasteiger partial charge in [-0.25, -0.2) is 9.97 Å². The second kappa shape index (κ2) is 9.19. The minimum Gasteiger partial charge on any atom is -0.494 e. The number of hydrogen-bond acceptors (Lipinski definition) is 3. The molecule has 2 aromatic rings. The van der Waals surface area contributed by atoms with E-state index in [-0.39, 0.29) is 0 Å². The van der Waals surface area contributed by atoms with E-state index in [9.17, 15) is 0 Å². The lowest BCUT2D eigenvalue weighted by Gasteiger charge is -2.05. The fourth-order valence-corrected chi connectivity index (χ4v) is 2.39. The molecule has 1 heterocycles. The molecule has 0 fully saturated rings. The molecule has 0 aliphatic heterocycles. The van der Waals surface area contributed by atoms with Crippen LogP contribution in [0.4, 0.5) is 0 Å². The lowest BCUT2D eigenvalue weighted by atomic mass is 10.1. The Bertz CT molecular complexity index is 534. The van der Waals surface area contributed by atoms with Gasteiger partial charge in [0.15, 0.2) is 0 Å². The molecule has 0 radical (unpaired) electrons. The third-order valence-electron chi connectivity index (χ3n) is 3.70. The molecule has 0 aliphatic rings. The highest BCUT2D eigenvalue weighted by Gasteiger charge is 2.01. The maximum Gasteiger partial charge on any atom is 0.128 e. The normalized spacial score (nSPS) is 10.6. The number of unbranched alkanes of at least 4 members (excludes halogenated alkanes) is 2. The van der Waals surface area contributed by atoms with Crippen LogP contribution in [0.25, 0.3) is 0 Å². The molecule has 0 saturated carbocycles. The van der Waals surface area contributed by atoms with E-state index < -0.39 is 0 Å². The first kappa shape index (κ1) is 16.5. The van der Waals surface area contributed by atoms with E-state index in [1.807, 2.05) is 31.5 Å². The fourth-order valence-electron chi connectivity index (χ4n) is 2.39. The average molecular weight is 298 g/mol. The number of ether oxygens (including phenoxy) is 1. The maximum absolute atomic E-state index is 5.45. The average Bonchev–Trinajstić information content (AvgIpc) is 2.56. The van der Waals surface area contributed by atoms with Crippen LogP contribution in [0.3, 0.4) is 0 Å². The van der Waals surface area contributed by atoms with Gasteiger partial charge in [0, 0.05) is 18.8 Å². The summed E-state index contributed by atoms with van der Waals surface area (Å²) in [6, 6.07) is 8.28. The van der Waals surface area contributed by atoms with E-state index in [2.05, 4.69) is 29.0 Å². The molecule has 1 aromatic heterocycles. The van der Waals surface area contributed by atoms with Gasteiger partial charge in [-0.2, -0.15) is 0 Å². The van der Waals surface area contributed by atoms with Crippen LogP contribution in [-0.2, 0) is 19.3 Å². The summed E-state index contributed by atoms with van der Waals surface area (Å²) in [5.41, 5.74) is 2.54. The quantitative estimate of drug-likeness (QED) is 0.644. The van der Waals surface area contributed by atoms with Crippen molar-refractivity contribution in [3.63, 3.8) is 0 Å². The van der Waals surface area contributed by atoms with Crippen LogP contribution in [0.1, 0.15) is 50.1 Å². The van der Waals surface area contributed by atoms with Crippen molar-refractivity contribution >= 4 is 0 Å². The Morgan fingerprint density at radius 2 is 1.55 bits per heavy atom. The Morgan fingerprint density at radius 1 is 0.818 bits per heavy atom. The first-order valence-electron chi connectivity index (χ1n) is 8.33. The molecule has 0 unspecified atom stereocenters. The molecular formula is C19H26N2O. The van der Waals surface area contributed by atoms with Gasteiger partial charge in [0.05, 0.1) is 6.61 Å². The van der Waals surface area contributed by atoms with Gasteiger partial charge < -0.3 is 4.74 Å². The van der Waals surface area contributed by atoms with Crippen molar-refractivity contribution in [1.82, 2.24) is 9.97 Å². The summed E-state index contributed by atoms with van der Waals surface area (Å²) in [5.74, 6) is 1.85. The molecule has 0 amide bonds. The number of benzene rings is 1. The summed E-state index contributed by atoms with van der Waals surface area (Å²) in [5, 5.41) is 0. The highest BCUT2D eigenvalue weighted by atomic mass is 16.5. The summed E-state index contributed by atoms with van der Waals surface area (Å²) >= 11 is 0. The minimum atomic E-state index is 0.706. The van der Waals surface area contributed by atoms with Crippen LogP contribution in [0.2, 0.25) is 0 Å². The fraction of sp³-hybridized carbons (Fsp3) is 0.474. The maximum atomic E-state index is 5.45. The van der Waals surface area contributed by atoms with Crippen molar-refractivity contribution in [3.05, 3.63) is 53.6 Å². The molecule has 0 N–H and O–H groups in total. The van der Waals surface area contributed by atoms with Gasteiger partial charge >= 0.3 is 0 Å². The van der Waals surface area contributed by atoms with Crippen molar-refractivity contribution in [2.75, 3.05) is 6.61 Å². The van der Waals surface area contributed by atoms with Gasteiger partial charge in [0.25, 0.3) is 0 Å². The molecule has 0 spiro atoms. The van der Waals surface area contributed by atoms with E-state index in [1.165, 1.54) is 30.4 Å². The Kier molecular flexibility index (Phi) is 6.88. The predicted octanol–water partition coefficient (Wildman–Crippen LogP) is 4.39. The number of rotatable bonds is 9. The van der Waals surface area contributed by atoms with Gasteiger partial charge in [-0.15, -0.1) is 0 Å². The van der Waals surface area contributed by atoms with Crippen LogP contribution in [0.15, 0.2) is 36.7 Å². The van der Waals surface area contributed by atoms with Crippen molar-refractivity contribution in [2.45, 2.75) is 52.4 Å². The lowest BCUT2D eigenvalue weighted by Crippen LogP contribution is -1.99. The highest BCUT2D eigenvalue weighted by Crippen LogP contribution is 2.13. The van der Waals surface area contributed by atoms with E-state index in [0.717, 1.165) is 30.8 Å². The third kappa shape index (κ3) is 5.47. The van der Waals surface area contributed by atoms with Gasteiger partial charge in [-0.1, -0.05) is 31.9 Å². The van der Waals surface area contributed by atoms with E-state index in [1.54, 1.807) is 0 Å². The molecule has 22 heavy (non-hydrogen) atoms. The molecule has 1 aromatic carbocycles. The molecule has 0 saturated heterocycles. The first-order chi connectivity index (χ1) is 10.8. The monoisotopic (exact) mass is 298 g/mol. The SMILES string of the molecule is CCCCCc1cnc(CCc2ccc(OCC)cc2)nc1. The van der Waals surface area contributed by atoms with Gasteiger partial charge in [-0.3, -0.25) is 0 Å². The Balaban J connectivity index is 1.80. The van der Waals surface area contributed by atoms with Crippen molar-refractivity contribution < 1.29 is 4.74 Å². The minimum absolute atomic E-state index is 0.706. The molecule has 0 bridgehead atoms. The highest BCUT2D eigenvalue weighted by molar-refractivity contribution is 5.27. The summed E-state index contributed by atoms with van der Waals surface area (Å²) in [7, 11) is 0. The Hall–Kier alpha value is -1.90. The van der Waals surface area contributed by atoms with E-state index in [4.69, 9.17) is 4.74 Å². The number of hydrogen-bond donors (Lipinski definition) is 0. The Morgan fingerprint density at radius 3 is 2.18 bits per heavy atom. The Labute approximate surface area is 133 Å². The summed E-state index contributed by atoms with van der Waals surface area (Å²) in [6.07, 6.45) is 10.6. The zero-order valence-electron chi connectivity index (χ0n) is 13.7. The summed E-state index contributed by atoms with van der Waals surface area (Å²) in [4.78, 5) is 8.97. The molecular weight excluding hydrogens is 272 g/mol. The van der Waals surface area contributed by atoms with Crippen molar-refractivity contribution in [1.29, 1.82) is 0 Å². The van der Waals surface area contributed by atoms with Crippen molar-refractivity contribution in [3.8, 4) is 5.75 Å². The van der Waals surface area contributed by atoms with E-state index in [0.29, 0.717) is 6.61 Å². The van der Waals surface area contributed by atoms with Gasteiger partial charge in [0.1, 0.15) is 11.6 Å². The smallest absolute Gasteiger partial charge is 0.128 e. The number of aromatic nitrogens is 2.